The Morgan fingerprint density at radius 2 is 0.892 bits per heavy atom. The summed E-state index contributed by atoms with van der Waals surface area (Å²) in [5, 5.41) is 17.2. The molecule has 0 bridgehead atoms. The highest BCUT2D eigenvalue weighted by molar-refractivity contribution is 5.79. The van der Waals surface area contributed by atoms with Crippen molar-refractivity contribution in [1.29, 1.82) is 0 Å². The van der Waals surface area contributed by atoms with Gasteiger partial charge in [0, 0.05) is 25.5 Å². The molecule has 7 heteroatoms. The van der Waals surface area contributed by atoms with Crippen LogP contribution in [-0.4, -0.2) is 47.9 Å². The Balaban J connectivity index is 3.27. The van der Waals surface area contributed by atoms with Gasteiger partial charge in [-0.2, -0.15) is 0 Å². The van der Waals surface area contributed by atoms with E-state index in [1.165, 1.54) is 18.9 Å². The Kier molecular flexibility index (Phi) is 27.2. The summed E-state index contributed by atoms with van der Waals surface area (Å²) in [7, 11) is 0. The number of unbranched alkanes of at least 4 members (excludes halogenated alkanes) is 17. The third-order valence-electron chi connectivity index (χ3n) is 6.37. The number of ether oxygens (including phenoxy) is 2. The number of hydrogen-bond acceptors (Lipinski definition) is 6. The number of hydrogen-bond donors (Lipinski definition) is 2. The first-order valence-electron chi connectivity index (χ1n) is 14.9. The first-order chi connectivity index (χ1) is 18.1. The number of carbonyl (C=O) groups is 3. The molecule has 0 saturated carbocycles. The maximum absolute atomic E-state index is 11.8. The highest BCUT2D eigenvalue weighted by Gasteiger charge is 2.04. The molecule has 0 aliphatic rings. The van der Waals surface area contributed by atoms with E-state index in [2.05, 4.69) is 0 Å². The zero-order valence-electron chi connectivity index (χ0n) is 23.3. The molecule has 0 rings (SSSR count). The normalized spacial score (nSPS) is 11.2. The van der Waals surface area contributed by atoms with Crippen LogP contribution in [0.1, 0.15) is 141 Å². The first-order valence-corrected chi connectivity index (χ1v) is 14.9. The summed E-state index contributed by atoms with van der Waals surface area (Å²) in [6.07, 6.45) is 24.5. The summed E-state index contributed by atoms with van der Waals surface area (Å²) < 4.78 is 10.6. The van der Waals surface area contributed by atoms with Crippen LogP contribution in [0.3, 0.4) is 0 Å². The summed E-state index contributed by atoms with van der Waals surface area (Å²) in [6.45, 7) is 1.30. The number of allylic oxidation sites excluding steroid dienone is 1. The van der Waals surface area contributed by atoms with Crippen LogP contribution in [0.25, 0.3) is 0 Å². The fraction of sp³-hybridized carbons (Fsp3) is 0.833. The Morgan fingerprint density at radius 1 is 0.514 bits per heavy atom. The molecule has 0 radical (unpaired) electrons. The molecule has 0 amide bonds. The van der Waals surface area contributed by atoms with Crippen molar-refractivity contribution in [2.45, 2.75) is 141 Å². The van der Waals surface area contributed by atoms with Crippen LogP contribution < -0.4 is 0 Å². The second kappa shape index (κ2) is 28.7. The topological polar surface area (TPSA) is 110 Å². The molecule has 7 nitrogen and oxygen atoms in total. The molecular formula is C30H54O7. The maximum atomic E-state index is 11.8. The summed E-state index contributed by atoms with van der Waals surface area (Å²) in [5.41, 5.74) is 0. The molecule has 2 N–H and O–H groups in total. The molecule has 0 aromatic carbocycles. The van der Waals surface area contributed by atoms with Gasteiger partial charge in [0.25, 0.3) is 0 Å². The van der Waals surface area contributed by atoms with Gasteiger partial charge < -0.3 is 19.7 Å². The number of aliphatic hydroxyl groups is 1. The van der Waals surface area contributed by atoms with Crippen LogP contribution in [0, 0.1) is 0 Å². The Bertz CT molecular complexity index is 574. The van der Waals surface area contributed by atoms with Gasteiger partial charge in [0.15, 0.2) is 0 Å². The molecule has 216 valence electrons. The van der Waals surface area contributed by atoms with E-state index in [-0.39, 0.29) is 18.5 Å². The van der Waals surface area contributed by atoms with E-state index < -0.39 is 5.97 Å². The minimum atomic E-state index is -0.895. The predicted molar refractivity (Wildman–Crippen MR) is 147 cm³/mol. The average molecular weight is 527 g/mol. The van der Waals surface area contributed by atoms with Gasteiger partial charge in [0.2, 0.25) is 0 Å². The Hall–Kier alpha value is -1.89. The van der Waals surface area contributed by atoms with Crippen LogP contribution in [0.4, 0.5) is 0 Å². The van der Waals surface area contributed by atoms with Crippen LogP contribution in [0.15, 0.2) is 12.2 Å². The van der Waals surface area contributed by atoms with E-state index in [0.29, 0.717) is 26.1 Å². The van der Waals surface area contributed by atoms with Crippen LogP contribution >= 0.6 is 0 Å². The van der Waals surface area contributed by atoms with Crippen molar-refractivity contribution in [3.05, 3.63) is 12.2 Å². The number of esters is 2. The van der Waals surface area contributed by atoms with Gasteiger partial charge in [0.05, 0.1) is 13.2 Å². The summed E-state index contributed by atoms with van der Waals surface area (Å²) in [5.74, 6) is -1.07. The van der Waals surface area contributed by atoms with Crippen molar-refractivity contribution in [1.82, 2.24) is 0 Å². The molecule has 0 atom stereocenters. The van der Waals surface area contributed by atoms with Crippen molar-refractivity contribution < 1.29 is 34.1 Å². The van der Waals surface area contributed by atoms with E-state index in [4.69, 9.17) is 19.7 Å². The van der Waals surface area contributed by atoms with Crippen LogP contribution in [0.5, 0.6) is 0 Å². The molecule has 0 saturated heterocycles. The lowest BCUT2D eigenvalue weighted by molar-refractivity contribution is -0.144. The van der Waals surface area contributed by atoms with Crippen molar-refractivity contribution in [3.8, 4) is 0 Å². The molecule has 0 fully saturated rings. The zero-order valence-corrected chi connectivity index (χ0v) is 23.3. The number of carbonyl (C=O) groups excluding carboxylic acids is 2. The Morgan fingerprint density at radius 3 is 1.32 bits per heavy atom. The number of aliphatic hydroxyl groups excluding tert-OH is 1. The van der Waals surface area contributed by atoms with Crippen molar-refractivity contribution in [2.24, 2.45) is 0 Å². The Labute approximate surface area is 225 Å². The van der Waals surface area contributed by atoms with Gasteiger partial charge in [-0.25, -0.2) is 4.79 Å². The fourth-order valence-corrected chi connectivity index (χ4v) is 4.12. The smallest absolute Gasteiger partial charge is 0.327 e. The average Bonchev–Trinajstić information content (AvgIpc) is 2.87. The minimum Gasteiger partial charge on any atom is -0.478 e. The van der Waals surface area contributed by atoms with E-state index in [1.807, 2.05) is 0 Å². The lowest BCUT2D eigenvalue weighted by Crippen LogP contribution is -2.05. The largest absolute Gasteiger partial charge is 0.478 e. The third-order valence-corrected chi connectivity index (χ3v) is 6.37. The lowest BCUT2D eigenvalue weighted by atomic mass is 10.1. The zero-order chi connectivity index (χ0) is 27.2. The molecule has 0 spiro atoms. The van der Waals surface area contributed by atoms with Crippen molar-refractivity contribution in [3.63, 3.8) is 0 Å². The van der Waals surface area contributed by atoms with Crippen LogP contribution in [0.2, 0.25) is 0 Å². The molecule has 0 aromatic rings. The number of carboxylic acids is 1. The molecular weight excluding hydrogens is 472 g/mol. The van der Waals surface area contributed by atoms with Gasteiger partial charge in [-0.05, 0) is 44.9 Å². The van der Waals surface area contributed by atoms with Gasteiger partial charge in [-0.15, -0.1) is 0 Å². The van der Waals surface area contributed by atoms with E-state index >= 15 is 0 Å². The van der Waals surface area contributed by atoms with Crippen LogP contribution in [-0.2, 0) is 23.9 Å². The van der Waals surface area contributed by atoms with Gasteiger partial charge in [-0.1, -0.05) is 89.5 Å². The molecule has 0 aliphatic heterocycles. The highest BCUT2D eigenvalue weighted by Crippen LogP contribution is 2.11. The van der Waals surface area contributed by atoms with Gasteiger partial charge in [0.1, 0.15) is 0 Å². The summed E-state index contributed by atoms with van der Waals surface area (Å²) >= 11 is 0. The van der Waals surface area contributed by atoms with E-state index in [1.54, 1.807) is 6.08 Å². The third kappa shape index (κ3) is 30.2. The SMILES string of the molecule is O=C(O)/C=C/CCCCCCCOC(=O)CCCCCCCCCOC(=O)CCCCCCCCCO. The fourth-order valence-electron chi connectivity index (χ4n) is 4.12. The monoisotopic (exact) mass is 526 g/mol. The van der Waals surface area contributed by atoms with Crippen molar-refractivity contribution in [2.75, 3.05) is 19.8 Å². The van der Waals surface area contributed by atoms with Gasteiger partial charge in [-0.3, -0.25) is 9.59 Å². The number of rotatable bonds is 28. The lowest BCUT2D eigenvalue weighted by Gasteiger charge is -2.06. The van der Waals surface area contributed by atoms with E-state index in [9.17, 15) is 14.4 Å². The molecule has 0 heterocycles. The van der Waals surface area contributed by atoms with Crippen molar-refractivity contribution >= 4 is 17.9 Å². The molecule has 0 unspecified atom stereocenters. The van der Waals surface area contributed by atoms with E-state index in [0.717, 1.165) is 116 Å². The quantitative estimate of drug-likeness (QED) is 0.0625. The summed E-state index contributed by atoms with van der Waals surface area (Å²) in [6, 6.07) is 0. The predicted octanol–water partition coefficient (Wildman–Crippen LogP) is 7.29. The number of carboxylic acid groups (broad SMARTS) is 1. The minimum absolute atomic E-state index is 0.0743. The number of aliphatic carboxylic acids is 1. The summed E-state index contributed by atoms with van der Waals surface area (Å²) in [4.78, 5) is 33.9. The highest BCUT2D eigenvalue weighted by atomic mass is 16.5. The van der Waals surface area contributed by atoms with Gasteiger partial charge >= 0.3 is 17.9 Å². The first kappa shape index (κ1) is 35.1. The standard InChI is InChI=1S/C30H54O7/c31-25-19-13-7-1-5-11-17-23-29(34)37-27-21-15-9-3-6-12-18-24-30(35)36-26-20-14-8-2-4-10-16-22-28(32)33/h16,22,31H,1-15,17-21,23-27H2,(H,32,33)/b22-16+. The molecule has 0 aromatic heterocycles. The molecule has 37 heavy (non-hydrogen) atoms. The second-order valence-corrected chi connectivity index (χ2v) is 9.91. The molecule has 0 aliphatic carbocycles. The second-order valence-electron chi connectivity index (χ2n) is 9.91. The maximum Gasteiger partial charge on any atom is 0.327 e.